The molecule has 0 bridgehead atoms. The second-order valence-electron chi connectivity index (χ2n) is 3.77. The highest BCUT2D eigenvalue weighted by Crippen LogP contribution is 2.31. The zero-order valence-electron chi connectivity index (χ0n) is 9.94. The van der Waals surface area contributed by atoms with Gasteiger partial charge in [0.2, 0.25) is 0 Å². The lowest BCUT2D eigenvalue weighted by Crippen LogP contribution is -1.94. The van der Waals surface area contributed by atoms with E-state index < -0.39 is 0 Å². The van der Waals surface area contributed by atoms with E-state index in [0.29, 0.717) is 11.4 Å². The van der Waals surface area contributed by atoms with Gasteiger partial charge in [0.15, 0.2) is 5.75 Å². The van der Waals surface area contributed by atoms with Crippen LogP contribution in [-0.2, 0) is 0 Å². The highest BCUT2D eigenvalue weighted by atomic mass is 16.5. The van der Waals surface area contributed by atoms with Gasteiger partial charge < -0.3 is 15.2 Å². The number of hydrogen-bond acceptors (Lipinski definition) is 3. The summed E-state index contributed by atoms with van der Waals surface area (Å²) in [4.78, 5) is 0. The van der Waals surface area contributed by atoms with Crippen LogP contribution in [0, 0.1) is 6.92 Å². The lowest BCUT2D eigenvalue weighted by molar-refractivity contribution is 0.413. The molecule has 2 aromatic rings. The Morgan fingerprint density at radius 3 is 2.41 bits per heavy atom. The van der Waals surface area contributed by atoms with Gasteiger partial charge in [0.25, 0.3) is 0 Å². The Bertz CT molecular complexity index is 523. The fourth-order valence-corrected chi connectivity index (χ4v) is 1.54. The van der Waals surface area contributed by atoms with Crippen molar-refractivity contribution in [1.82, 2.24) is 0 Å². The van der Waals surface area contributed by atoms with Gasteiger partial charge in [-0.3, -0.25) is 0 Å². The van der Waals surface area contributed by atoms with E-state index in [1.165, 1.54) is 0 Å². The van der Waals surface area contributed by atoms with E-state index in [4.69, 9.17) is 15.2 Å². The predicted molar refractivity (Wildman–Crippen MR) is 68.7 cm³/mol. The summed E-state index contributed by atoms with van der Waals surface area (Å²) >= 11 is 0. The summed E-state index contributed by atoms with van der Waals surface area (Å²) in [7, 11) is 1.61. The first-order chi connectivity index (χ1) is 8.20. The molecular weight excluding hydrogens is 214 g/mol. The molecule has 0 aromatic heterocycles. The molecule has 0 heterocycles. The number of nitrogens with two attached hydrogens (primary N) is 1. The molecule has 17 heavy (non-hydrogen) atoms. The van der Waals surface area contributed by atoms with Crippen molar-refractivity contribution in [3.8, 4) is 17.2 Å². The zero-order valence-corrected chi connectivity index (χ0v) is 9.94. The van der Waals surface area contributed by atoms with Crippen molar-refractivity contribution in [2.75, 3.05) is 12.8 Å². The van der Waals surface area contributed by atoms with Crippen molar-refractivity contribution in [3.05, 3.63) is 48.0 Å². The second-order valence-corrected chi connectivity index (χ2v) is 3.77. The zero-order chi connectivity index (χ0) is 12.3. The molecule has 0 aliphatic heterocycles. The lowest BCUT2D eigenvalue weighted by Gasteiger charge is -2.11. The summed E-state index contributed by atoms with van der Waals surface area (Å²) in [5.41, 5.74) is 7.52. The number of benzene rings is 2. The molecule has 3 nitrogen and oxygen atoms in total. The Morgan fingerprint density at radius 1 is 1.00 bits per heavy atom. The lowest BCUT2D eigenvalue weighted by atomic mass is 10.2. The topological polar surface area (TPSA) is 44.5 Å². The first kappa shape index (κ1) is 11.3. The molecule has 0 radical (unpaired) electrons. The van der Waals surface area contributed by atoms with Crippen LogP contribution in [0.25, 0.3) is 0 Å². The van der Waals surface area contributed by atoms with E-state index >= 15 is 0 Å². The van der Waals surface area contributed by atoms with E-state index in [9.17, 15) is 0 Å². The second kappa shape index (κ2) is 4.78. The smallest absolute Gasteiger partial charge is 0.150 e. The first-order valence-corrected chi connectivity index (χ1v) is 5.37. The molecule has 0 spiro atoms. The number of methoxy groups -OCH3 is 1. The molecule has 2 rings (SSSR count). The average Bonchev–Trinajstić information content (AvgIpc) is 2.34. The number of para-hydroxylation sites is 1. The molecule has 0 unspecified atom stereocenters. The Balaban J connectivity index is 2.28. The molecule has 0 saturated carbocycles. The third-order valence-electron chi connectivity index (χ3n) is 2.53. The van der Waals surface area contributed by atoms with Crippen LogP contribution in [0.15, 0.2) is 42.5 Å². The van der Waals surface area contributed by atoms with Crippen LogP contribution in [0.4, 0.5) is 5.69 Å². The minimum atomic E-state index is 0.563. The summed E-state index contributed by atoms with van der Waals surface area (Å²) in [5.74, 6) is 2.17. The number of anilines is 1. The van der Waals surface area contributed by atoms with Crippen LogP contribution in [0.3, 0.4) is 0 Å². The van der Waals surface area contributed by atoms with E-state index in [2.05, 4.69) is 0 Å². The third-order valence-corrected chi connectivity index (χ3v) is 2.53. The molecule has 0 aliphatic rings. The van der Waals surface area contributed by atoms with Crippen LogP contribution < -0.4 is 15.2 Å². The van der Waals surface area contributed by atoms with Gasteiger partial charge in [-0.05, 0) is 30.7 Å². The van der Waals surface area contributed by atoms with Crippen molar-refractivity contribution >= 4 is 5.69 Å². The van der Waals surface area contributed by atoms with Crippen molar-refractivity contribution in [2.24, 2.45) is 0 Å². The number of ether oxygens (including phenoxy) is 2. The molecule has 2 N–H and O–H groups in total. The molecule has 0 saturated heterocycles. The maximum Gasteiger partial charge on any atom is 0.150 e. The molecule has 0 fully saturated rings. The maximum atomic E-state index is 5.89. The van der Waals surface area contributed by atoms with Gasteiger partial charge in [0.1, 0.15) is 11.5 Å². The third kappa shape index (κ3) is 2.50. The van der Waals surface area contributed by atoms with E-state index in [1.54, 1.807) is 19.2 Å². The van der Waals surface area contributed by atoms with Crippen LogP contribution in [0.5, 0.6) is 17.2 Å². The number of nitrogen functional groups attached to an aromatic ring is 1. The molecular formula is C14H15NO2. The predicted octanol–water partition coefficient (Wildman–Crippen LogP) is 3.38. The number of aryl methyl sites for hydroxylation is 1. The molecule has 0 amide bonds. The Kier molecular flexibility index (Phi) is 3.19. The summed E-state index contributed by atoms with van der Waals surface area (Å²) in [6.07, 6.45) is 0. The number of rotatable bonds is 3. The summed E-state index contributed by atoms with van der Waals surface area (Å²) in [6, 6.07) is 13.2. The van der Waals surface area contributed by atoms with Gasteiger partial charge in [0, 0.05) is 6.07 Å². The van der Waals surface area contributed by atoms with Crippen molar-refractivity contribution in [2.45, 2.75) is 6.92 Å². The molecule has 2 aromatic carbocycles. The van der Waals surface area contributed by atoms with E-state index in [1.807, 2.05) is 37.3 Å². The SMILES string of the molecule is COc1ccc(Oc2ccccc2C)c(N)c1. The van der Waals surface area contributed by atoms with Crippen LogP contribution in [0.1, 0.15) is 5.56 Å². The van der Waals surface area contributed by atoms with Gasteiger partial charge in [-0.1, -0.05) is 18.2 Å². The summed E-state index contributed by atoms with van der Waals surface area (Å²) in [5, 5.41) is 0. The minimum Gasteiger partial charge on any atom is -0.497 e. The van der Waals surface area contributed by atoms with Crippen LogP contribution >= 0.6 is 0 Å². The molecule has 88 valence electrons. The first-order valence-electron chi connectivity index (χ1n) is 5.37. The monoisotopic (exact) mass is 229 g/mol. The molecule has 3 heteroatoms. The van der Waals surface area contributed by atoms with E-state index in [-0.39, 0.29) is 0 Å². The summed E-state index contributed by atoms with van der Waals surface area (Å²) < 4.78 is 10.8. The highest BCUT2D eigenvalue weighted by Gasteiger charge is 2.05. The van der Waals surface area contributed by atoms with Gasteiger partial charge in [0.05, 0.1) is 12.8 Å². The van der Waals surface area contributed by atoms with Gasteiger partial charge in [-0.15, -0.1) is 0 Å². The number of hydrogen-bond donors (Lipinski definition) is 1. The Labute approximate surface area is 101 Å². The molecule has 0 atom stereocenters. The standard InChI is InChI=1S/C14H15NO2/c1-10-5-3-4-6-13(10)17-14-8-7-11(16-2)9-12(14)15/h3-9H,15H2,1-2H3. The Hall–Kier alpha value is -2.16. The average molecular weight is 229 g/mol. The maximum absolute atomic E-state index is 5.89. The van der Waals surface area contributed by atoms with E-state index in [0.717, 1.165) is 17.1 Å². The van der Waals surface area contributed by atoms with Gasteiger partial charge in [-0.2, -0.15) is 0 Å². The van der Waals surface area contributed by atoms with Crippen LogP contribution in [0.2, 0.25) is 0 Å². The van der Waals surface area contributed by atoms with Crippen LogP contribution in [-0.4, -0.2) is 7.11 Å². The summed E-state index contributed by atoms with van der Waals surface area (Å²) in [6.45, 7) is 2.00. The molecule has 0 aliphatic carbocycles. The minimum absolute atomic E-state index is 0.563. The largest absolute Gasteiger partial charge is 0.497 e. The fraction of sp³-hybridized carbons (Fsp3) is 0.143. The highest BCUT2D eigenvalue weighted by molar-refractivity contribution is 5.57. The van der Waals surface area contributed by atoms with Crippen molar-refractivity contribution in [3.63, 3.8) is 0 Å². The van der Waals surface area contributed by atoms with Crippen molar-refractivity contribution in [1.29, 1.82) is 0 Å². The van der Waals surface area contributed by atoms with Gasteiger partial charge in [-0.25, -0.2) is 0 Å². The quantitative estimate of drug-likeness (QED) is 0.820. The normalized spacial score (nSPS) is 10.0. The van der Waals surface area contributed by atoms with Gasteiger partial charge >= 0.3 is 0 Å². The fourth-order valence-electron chi connectivity index (χ4n) is 1.54. The Morgan fingerprint density at radius 2 is 1.76 bits per heavy atom. The van der Waals surface area contributed by atoms with Crippen molar-refractivity contribution < 1.29 is 9.47 Å².